The van der Waals surface area contributed by atoms with Gasteiger partial charge in [-0.1, -0.05) is 27.7 Å². The molecule has 0 aromatic rings. The van der Waals surface area contributed by atoms with Crippen molar-refractivity contribution >= 4 is 14.1 Å². The Bertz CT molecular complexity index is 508. The topological polar surface area (TPSA) is 44.8 Å². The van der Waals surface area contributed by atoms with E-state index in [0.717, 1.165) is 6.42 Å². The van der Waals surface area contributed by atoms with Crippen LogP contribution in [0.1, 0.15) is 61.3 Å². The van der Waals surface area contributed by atoms with Gasteiger partial charge in [-0.25, -0.2) is 0 Å². The lowest BCUT2D eigenvalue weighted by Crippen LogP contribution is -2.61. The van der Waals surface area contributed by atoms with E-state index in [0.29, 0.717) is 19.6 Å². The van der Waals surface area contributed by atoms with Gasteiger partial charge in [0.25, 0.3) is 0 Å². The largest absolute Gasteiger partial charge is 0.413 e. The van der Waals surface area contributed by atoms with E-state index < -0.39 is 19.5 Å². The third-order valence-corrected chi connectivity index (χ3v) is 11.4. The van der Waals surface area contributed by atoms with E-state index >= 15 is 0 Å². The van der Waals surface area contributed by atoms with Crippen LogP contribution in [0.15, 0.2) is 0 Å². The van der Waals surface area contributed by atoms with E-state index in [1.807, 2.05) is 20.8 Å². The molecule has 0 radical (unpaired) electrons. The molecular weight excluding hydrogens is 320 g/mol. The molecule has 5 heteroatoms. The van der Waals surface area contributed by atoms with Crippen molar-refractivity contribution in [1.29, 1.82) is 0 Å². The number of hydrogen-bond donors (Lipinski definition) is 0. The van der Waals surface area contributed by atoms with Gasteiger partial charge >= 0.3 is 0 Å². The number of hydrogen-bond acceptors (Lipinski definition) is 4. The maximum atomic E-state index is 12.8. The van der Waals surface area contributed by atoms with Gasteiger partial charge in [-0.2, -0.15) is 0 Å². The molecule has 24 heavy (non-hydrogen) atoms. The highest BCUT2D eigenvalue weighted by atomic mass is 28.4. The predicted molar refractivity (Wildman–Crippen MR) is 98.5 cm³/mol. The Kier molecular flexibility index (Phi) is 4.94. The molecule has 1 aliphatic carbocycles. The van der Waals surface area contributed by atoms with Crippen LogP contribution in [0, 0.1) is 10.8 Å². The van der Waals surface area contributed by atoms with E-state index in [4.69, 9.17) is 13.9 Å². The van der Waals surface area contributed by atoms with Gasteiger partial charge in [-0.3, -0.25) is 4.79 Å². The van der Waals surface area contributed by atoms with Crippen LogP contribution in [0.3, 0.4) is 0 Å². The third-order valence-electron chi connectivity index (χ3n) is 6.89. The molecule has 1 saturated carbocycles. The van der Waals surface area contributed by atoms with Crippen LogP contribution in [-0.4, -0.2) is 39.2 Å². The fraction of sp³-hybridized carbons (Fsp3) is 0.947. The second kappa shape index (κ2) is 5.90. The summed E-state index contributed by atoms with van der Waals surface area (Å²) in [6.07, 6.45) is 1.37. The lowest BCUT2D eigenvalue weighted by Gasteiger charge is -2.54. The van der Waals surface area contributed by atoms with Crippen molar-refractivity contribution in [2.75, 3.05) is 13.2 Å². The van der Waals surface area contributed by atoms with E-state index in [1.54, 1.807) is 0 Å². The number of fused-ring (bicyclic) bond motifs is 1. The van der Waals surface area contributed by atoms with Gasteiger partial charge in [-0.15, -0.1) is 0 Å². The molecule has 140 valence electrons. The maximum absolute atomic E-state index is 12.8. The molecule has 3 atom stereocenters. The van der Waals surface area contributed by atoms with Gasteiger partial charge in [0.1, 0.15) is 5.78 Å². The van der Waals surface area contributed by atoms with Crippen LogP contribution in [0.5, 0.6) is 0 Å². The smallest absolute Gasteiger partial charge is 0.192 e. The minimum Gasteiger partial charge on any atom is -0.413 e. The zero-order chi connectivity index (χ0) is 18.6. The summed E-state index contributed by atoms with van der Waals surface area (Å²) in [4.78, 5) is 12.8. The Labute approximate surface area is 148 Å². The number of ether oxygens (including phenoxy) is 2. The first kappa shape index (κ1) is 20.1. The van der Waals surface area contributed by atoms with Gasteiger partial charge in [0.2, 0.25) is 0 Å². The summed E-state index contributed by atoms with van der Waals surface area (Å²) < 4.78 is 18.8. The fourth-order valence-electron chi connectivity index (χ4n) is 3.43. The summed E-state index contributed by atoms with van der Waals surface area (Å²) in [6.45, 7) is 20.3. The molecule has 0 N–H and O–H groups in total. The molecule has 0 aromatic heterocycles. The Morgan fingerprint density at radius 2 is 1.62 bits per heavy atom. The number of ketones is 1. The molecule has 4 nitrogen and oxygen atoms in total. The highest BCUT2D eigenvalue weighted by Crippen LogP contribution is 2.54. The molecule has 2 rings (SSSR count). The van der Waals surface area contributed by atoms with Gasteiger partial charge in [0.15, 0.2) is 14.1 Å². The number of carbonyl (C=O) groups excluding carboxylic acids is 1. The summed E-state index contributed by atoms with van der Waals surface area (Å²) >= 11 is 0. The standard InChI is InChI=1S/C19H36O4Si/c1-16(2,3)24(8,9)23-15-11-10-14(20)18(6)12-21-17(4,5)22-13-19(15,18)7/h15H,10-13H2,1-9H3/t15-,18-,19+/m0/s1. The SMILES string of the molecule is CC1(C)OC[C@@]2(C)C(=O)CC[C@H](O[Si](C)(C)C(C)(C)C)[C@@]2(C)CO1. The number of rotatable bonds is 2. The van der Waals surface area contributed by atoms with E-state index in [9.17, 15) is 4.79 Å². The lowest BCUT2D eigenvalue weighted by molar-refractivity contribution is -0.207. The van der Waals surface area contributed by atoms with Gasteiger partial charge in [0.05, 0.1) is 24.7 Å². The molecule has 1 heterocycles. The summed E-state index contributed by atoms with van der Waals surface area (Å²) in [5, 5.41) is 0.141. The highest BCUT2D eigenvalue weighted by Gasteiger charge is 2.61. The van der Waals surface area contributed by atoms with Crippen molar-refractivity contribution in [2.24, 2.45) is 10.8 Å². The van der Waals surface area contributed by atoms with Crippen molar-refractivity contribution in [3.63, 3.8) is 0 Å². The first-order valence-electron chi connectivity index (χ1n) is 9.14. The van der Waals surface area contributed by atoms with Crippen LogP contribution >= 0.6 is 0 Å². The quantitative estimate of drug-likeness (QED) is 0.682. The summed E-state index contributed by atoms with van der Waals surface area (Å²) in [5.41, 5.74) is -0.933. The minimum absolute atomic E-state index is 0.0265. The molecule has 0 aromatic carbocycles. The molecule has 2 aliphatic rings. The summed E-state index contributed by atoms with van der Waals surface area (Å²) in [6, 6.07) is 0. The molecule has 0 amide bonds. The molecular formula is C19H36O4Si. The molecule has 1 aliphatic heterocycles. The summed E-state index contributed by atoms with van der Waals surface area (Å²) in [5.74, 6) is -0.382. The van der Waals surface area contributed by atoms with E-state index in [1.165, 1.54) is 0 Å². The molecule has 0 unspecified atom stereocenters. The second-order valence-electron chi connectivity index (χ2n) is 10.1. The zero-order valence-corrected chi connectivity index (χ0v) is 18.0. The zero-order valence-electron chi connectivity index (χ0n) is 17.0. The maximum Gasteiger partial charge on any atom is 0.192 e. The average molecular weight is 357 g/mol. The molecule has 0 spiro atoms. The Morgan fingerprint density at radius 3 is 2.17 bits per heavy atom. The predicted octanol–water partition coefficient (Wildman–Crippen LogP) is 4.54. The number of Topliss-reactive ketones (excluding diaryl/α,β-unsaturated/α-hetero) is 1. The highest BCUT2D eigenvalue weighted by molar-refractivity contribution is 6.74. The number of carbonyl (C=O) groups is 1. The van der Waals surface area contributed by atoms with Crippen LogP contribution < -0.4 is 0 Å². The lowest BCUT2D eigenvalue weighted by atomic mass is 9.56. The monoisotopic (exact) mass is 356 g/mol. The first-order chi connectivity index (χ1) is 10.6. The van der Waals surface area contributed by atoms with Crippen molar-refractivity contribution in [1.82, 2.24) is 0 Å². The van der Waals surface area contributed by atoms with Crippen LogP contribution in [0.4, 0.5) is 0 Å². The molecule has 1 saturated heterocycles. The van der Waals surface area contributed by atoms with Crippen LogP contribution in [-0.2, 0) is 18.7 Å². The van der Waals surface area contributed by atoms with Crippen molar-refractivity contribution in [3.8, 4) is 0 Å². The summed E-state index contributed by atoms with van der Waals surface area (Å²) in [7, 11) is -1.93. The first-order valence-corrected chi connectivity index (χ1v) is 12.0. The van der Waals surface area contributed by atoms with Crippen molar-refractivity contribution in [3.05, 3.63) is 0 Å². The second-order valence-corrected chi connectivity index (χ2v) is 14.8. The van der Waals surface area contributed by atoms with E-state index in [-0.39, 0.29) is 22.3 Å². The third kappa shape index (κ3) is 3.25. The Hall–Kier alpha value is -0.233. The van der Waals surface area contributed by atoms with Crippen LogP contribution in [0.2, 0.25) is 18.1 Å². The normalized spacial score (nSPS) is 37.7. The van der Waals surface area contributed by atoms with Gasteiger partial charge < -0.3 is 13.9 Å². The van der Waals surface area contributed by atoms with Crippen molar-refractivity contribution < 1.29 is 18.7 Å². The van der Waals surface area contributed by atoms with Crippen molar-refractivity contribution in [2.45, 2.75) is 91.3 Å². The minimum atomic E-state index is -1.93. The van der Waals surface area contributed by atoms with Gasteiger partial charge in [-0.05, 0) is 45.3 Å². The van der Waals surface area contributed by atoms with Gasteiger partial charge in [0, 0.05) is 11.8 Å². The average Bonchev–Trinajstić information content (AvgIpc) is 2.52. The molecule has 2 fully saturated rings. The fourth-order valence-corrected chi connectivity index (χ4v) is 4.88. The Morgan fingerprint density at radius 1 is 1.08 bits per heavy atom. The van der Waals surface area contributed by atoms with Crippen LogP contribution in [0.25, 0.3) is 0 Å². The molecule has 0 bridgehead atoms. The Balaban J connectivity index is 2.39. The van der Waals surface area contributed by atoms with E-state index in [2.05, 4.69) is 40.8 Å².